The number of carbonyl (C=O) groups is 1. The number of carboxylic acid groups (broad SMARTS) is 1. The van der Waals surface area contributed by atoms with Crippen LogP contribution in [0, 0.1) is 11.3 Å². The fourth-order valence-electron chi connectivity index (χ4n) is 2.37. The fourth-order valence-corrected chi connectivity index (χ4v) is 2.37. The van der Waals surface area contributed by atoms with Gasteiger partial charge in [-0.2, -0.15) is 5.26 Å². The van der Waals surface area contributed by atoms with Crippen molar-refractivity contribution >= 4 is 5.97 Å². The lowest BCUT2D eigenvalue weighted by Gasteiger charge is -2.26. The van der Waals surface area contributed by atoms with Crippen LogP contribution in [-0.4, -0.2) is 11.1 Å². The van der Waals surface area contributed by atoms with Gasteiger partial charge in [-0.1, -0.05) is 24.3 Å². The van der Waals surface area contributed by atoms with Gasteiger partial charge in [-0.05, 0) is 18.2 Å². The summed E-state index contributed by atoms with van der Waals surface area (Å²) in [4.78, 5) is 11.6. The van der Waals surface area contributed by atoms with Crippen LogP contribution in [0.3, 0.4) is 0 Å². The molecule has 1 heterocycles. The van der Waals surface area contributed by atoms with Gasteiger partial charge in [0, 0.05) is 11.1 Å². The van der Waals surface area contributed by atoms with Crippen LogP contribution in [0.1, 0.15) is 22.6 Å². The summed E-state index contributed by atoms with van der Waals surface area (Å²) in [5, 5.41) is 18.6. The molecule has 4 nitrogen and oxygen atoms in total. The highest BCUT2D eigenvalue weighted by molar-refractivity contribution is 5.85. The normalized spacial score (nSPS) is 15.6. The van der Waals surface area contributed by atoms with Crippen LogP contribution in [0.2, 0.25) is 0 Å². The van der Waals surface area contributed by atoms with Gasteiger partial charge < -0.3 is 9.84 Å². The minimum absolute atomic E-state index is 0.333. The van der Waals surface area contributed by atoms with Crippen molar-refractivity contribution in [1.82, 2.24) is 0 Å². The highest BCUT2D eigenvalue weighted by Crippen LogP contribution is 2.45. The van der Waals surface area contributed by atoms with Gasteiger partial charge >= 0.3 is 5.97 Å². The topological polar surface area (TPSA) is 70.3 Å². The number of aliphatic carboxylic acids is 1. The molecule has 19 heavy (non-hydrogen) atoms. The zero-order valence-corrected chi connectivity index (χ0v) is 9.83. The number of nitriles is 1. The fraction of sp³-hybridized carbons (Fsp3) is 0.0667. The van der Waals surface area contributed by atoms with Crippen LogP contribution >= 0.6 is 0 Å². The van der Waals surface area contributed by atoms with E-state index in [1.165, 1.54) is 0 Å². The maximum absolute atomic E-state index is 11.6. The van der Waals surface area contributed by atoms with Crippen LogP contribution in [-0.2, 0) is 4.79 Å². The van der Waals surface area contributed by atoms with E-state index in [1.807, 2.05) is 6.07 Å². The van der Waals surface area contributed by atoms with Gasteiger partial charge in [0.2, 0.25) is 0 Å². The smallest absolute Gasteiger partial charge is 0.315 e. The van der Waals surface area contributed by atoms with Gasteiger partial charge in [0.05, 0.1) is 11.6 Å². The summed E-state index contributed by atoms with van der Waals surface area (Å²) < 4.78 is 5.69. The summed E-state index contributed by atoms with van der Waals surface area (Å²) in [6.45, 7) is 0. The number of ether oxygens (including phenoxy) is 1. The van der Waals surface area contributed by atoms with Crippen molar-refractivity contribution in [2.24, 2.45) is 0 Å². The lowest BCUT2D eigenvalue weighted by atomic mass is 9.85. The van der Waals surface area contributed by atoms with Crippen molar-refractivity contribution in [1.29, 1.82) is 5.26 Å². The number of hydrogen-bond donors (Lipinski definition) is 1. The third-order valence-electron chi connectivity index (χ3n) is 3.17. The molecule has 0 bridgehead atoms. The molecule has 0 spiro atoms. The van der Waals surface area contributed by atoms with Crippen LogP contribution in [0.25, 0.3) is 0 Å². The first-order chi connectivity index (χ1) is 9.22. The second kappa shape index (κ2) is 4.14. The maximum Gasteiger partial charge on any atom is 0.315 e. The Morgan fingerprint density at radius 1 is 1.16 bits per heavy atom. The Hall–Kier alpha value is -2.80. The average Bonchev–Trinajstić information content (AvgIpc) is 2.43. The molecule has 1 N–H and O–H groups in total. The van der Waals surface area contributed by atoms with Gasteiger partial charge in [-0.25, -0.2) is 0 Å². The molecule has 0 aromatic heterocycles. The molecule has 0 aliphatic carbocycles. The van der Waals surface area contributed by atoms with Crippen molar-refractivity contribution in [2.45, 2.75) is 5.92 Å². The number of hydrogen-bond acceptors (Lipinski definition) is 3. The summed E-state index contributed by atoms with van der Waals surface area (Å²) in [5.41, 5.74) is 1.33. The average molecular weight is 251 g/mol. The van der Waals surface area contributed by atoms with E-state index in [-0.39, 0.29) is 0 Å². The summed E-state index contributed by atoms with van der Waals surface area (Å²) in [6.07, 6.45) is 0. The van der Waals surface area contributed by atoms with Crippen LogP contribution in [0.15, 0.2) is 42.5 Å². The zero-order chi connectivity index (χ0) is 13.4. The summed E-state index contributed by atoms with van der Waals surface area (Å²) in [5.74, 6) is -0.891. The van der Waals surface area contributed by atoms with E-state index >= 15 is 0 Å². The first-order valence-electron chi connectivity index (χ1n) is 5.75. The van der Waals surface area contributed by atoms with Gasteiger partial charge in [-0.15, -0.1) is 0 Å². The van der Waals surface area contributed by atoms with E-state index in [2.05, 4.69) is 0 Å². The molecule has 1 atom stereocenters. The van der Waals surface area contributed by atoms with Gasteiger partial charge in [0.25, 0.3) is 0 Å². The van der Waals surface area contributed by atoms with Crippen LogP contribution in [0.4, 0.5) is 0 Å². The molecule has 0 saturated carbocycles. The van der Waals surface area contributed by atoms with E-state index < -0.39 is 11.9 Å². The molecule has 0 radical (unpaired) electrons. The van der Waals surface area contributed by atoms with E-state index in [9.17, 15) is 9.90 Å². The standard InChI is InChI=1S/C15H9NO3/c16-8-9-4-3-7-12-13(9)14(15(17)18)10-5-1-2-6-11(10)19-12/h1-7,14H,(H,17,18). The molecule has 0 amide bonds. The van der Waals surface area contributed by atoms with E-state index in [0.29, 0.717) is 28.2 Å². The van der Waals surface area contributed by atoms with Crippen LogP contribution in [0.5, 0.6) is 11.5 Å². The molecule has 2 aromatic carbocycles. The number of nitrogens with zero attached hydrogens (tertiary/aromatic N) is 1. The molecular weight excluding hydrogens is 242 g/mol. The Balaban J connectivity index is 2.31. The number of fused-ring (bicyclic) bond motifs is 2. The minimum atomic E-state index is -0.986. The first kappa shape index (κ1) is 11.3. The molecule has 3 rings (SSSR count). The van der Waals surface area contributed by atoms with Crippen molar-refractivity contribution in [3.05, 3.63) is 59.2 Å². The predicted molar refractivity (Wildman–Crippen MR) is 67.2 cm³/mol. The molecule has 2 aromatic rings. The predicted octanol–water partition coefficient (Wildman–Crippen LogP) is 2.88. The number of benzene rings is 2. The second-order valence-corrected chi connectivity index (χ2v) is 4.24. The Bertz CT molecular complexity index is 716. The van der Waals surface area contributed by atoms with E-state index in [1.54, 1.807) is 42.5 Å². The lowest BCUT2D eigenvalue weighted by molar-refractivity contribution is -0.137. The SMILES string of the molecule is N#Cc1cccc2c1C(C(=O)O)c1ccccc1O2. The Morgan fingerprint density at radius 2 is 1.89 bits per heavy atom. The largest absolute Gasteiger partial charge is 0.481 e. The molecule has 1 aliphatic heterocycles. The summed E-state index contributed by atoms with van der Waals surface area (Å²) >= 11 is 0. The third kappa shape index (κ3) is 1.64. The Labute approximate surface area is 109 Å². The Morgan fingerprint density at radius 3 is 2.63 bits per heavy atom. The van der Waals surface area contributed by atoms with Crippen molar-refractivity contribution in [2.75, 3.05) is 0 Å². The highest BCUT2D eigenvalue weighted by atomic mass is 16.5. The monoisotopic (exact) mass is 251 g/mol. The van der Waals surface area contributed by atoms with Crippen molar-refractivity contribution in [3.63, 3.8) is 0 Å². The minimum Gasteiger partial charge on any atom is -0.481 e. The molecular formula is C15H9NO3. The second-order valence-electron chi connectivity index (χ2n) is 4.24. The maximum atomic E-state index is 11.6. The number of para-hydroxylation sites is 1. The van der Waals surface area contributed by atoms with Gasteiger partial charge in [0.1, 0.15) is 17.4 Å². The van der Waals surface area contributed by atoms with Crippen LogP contribution < -0.4 is 4.74 Å². The first-order valence-corrected chi connectivity index (χ1v) is 5.75. The number of rotatable bonds is 1. The zero-order valence-electron chi connectivity index (χ0n) is 9.83. The molecule has 0 fully saturated rings. The van der Waals surface area contributed by atoms with Gasteiger partial charge in [-0.3, -0.25) is 4.79 Å². The highest BCUT2D eigenvalue weighted by Gasteiger charge is 2.34. The van der Waals surface area contributed by atoms with E-state index in [0.717, 1.165) is 0 Å². The molecule has 1 unspecified atom stereocenters. The van der Waals surface area contributed by atoms with Gasteiger partial charge in [0.15, 0.2) is 0 Å². The molecule has 0 saturated heterocycles. The number of carboxylic acids is 1. The Kier molecular flexibility index (Phi) is 2.46. The quantitative estimate of drug-likeness (QED) is 0.845. The molecule has 92 valence electrons. The summed E-state index contributed by atoms with van der Waals surface area (Å²) in [7, 11) is 0. The molecule has 1 aliphatic rings. The van der Waals surface area contributed by atoms with Crippen molar-refractivity contribution in [3.8, 4) is 17.6 Å². The lowest BCUT2D eigenvalue weighted by Crippen LogP contribution is -2.19. The summed E-state index contributed by atoms with van der Waals surface area (Å²) in [6, 6.07) is 14.0. The molecule has 4 heteroatoms. The van der Waals surface area contributed by atoms with E-state index in [4.69, 9.17) is 10.00 Å². The van der Waals surface area contributed by atoms with Crippen molar-refractivity contribution < 1.29 is 14.6 Å². The third-order valence-corrected chi connectivity index (χ3v) is 3.17.